The molecule has 1 aromatic heterocycles. The van der Waals surface area contributed by atoms with Crippen LogP contribution in [0.5, 0.6) is 11.5 Å². The van der Waals surface area contributed by atoms with E-state index in [9.17, 15) is 14.0 Å². The van der Waals surface area contributed by atoms with Gasteiger partial charge in [0.05, 0.1) is 31.0 Å². The first kappa shape index (κ1) is 25.2. The van der Waals surface area contributed by atoms with Crippen molar-refractivity contribution in [1.82, 2.24) is 20.9 Å². The van der Waals surface area contributed by atoms with E-state index >= 15 is 0 Å². The first-order valence-electron chi connectivity index (χ1n) is 13.1. The largest absolute Gasteiger partial charge is 0.494 e. The molecule has 2 amide bonds. The highest BCUT2D eigenvalue weighted by molar-refractivity contribution is 6.20. The first-order valence-corrected chi connectivity index (χ1v) is 13.1. The van der Waals surface area contributed by atoms with Gasteiger partial charge in [-0.15, -0.1) is 0 Å². The standard InChI is InChI=1S/C28H35FN4O4/c1-15-25(28(35)33-19-8-6-18(7-9-19)32-16(2)34)27-20(10-11-30-27)26(31-15)21-12-22(29)24(36-3)13-23(21)37-14-17-4-5-17/h10-13,17-19,26,30-31H,4-9,14H2,1-3H3,(H,32,34)(H,33,35). The van der Waals surface area contributed by atoms with Crippen LogP contribution in [0.15, 0.2) is 30.1 Å². The normalized spacial score (nSPS) is 23.1. The lowest BCUT2D eigenvalue weighted by Gasteiger charge is -2.32. The van der Waals surface area contributed by atoms with Gasteiger partial charge in [0.25, 0.3) is 5.91 Å². The van der Waals surface area contributed by atoms with E-state index in [0.29, 0.717) is 35.1 Å². The van der Waals surface area contributed by atoms with E-state index in [2.05, 4.69) is 20.9 Å². The Morgan fingerprint density at radius 3 is 2.38 bits per heavy atom. The maximum absolute atomic E-state index is 14.8. The summed E-state index contributed by atoms with van der Waals surface area (Å²) in [7, 11) is 1.44. The maximum Gasteiger partial charge on any atom is 0.255 e. The third-order valence-electron chi connectivity index (χ3n) is 7.54. The topological polar surface area (TPSA) is 104 Å². The summed E-state index contributed by atoms with van der Waals surface area (Å²) in [5.74, 6) is 0.618. The van der Waals surface area contributed by atoms with Gasteiger partial charge in [-0.1, -0.05) is 0 Å². The van der Waals surface area contributed by atoms with E-state index in [0.717, 1.165) is 49.8 Å². The smallest absolute Gasteiger partial charge is 0.255 e. The zero-order valence-electron chi connectivity index (χ0n) is 21.6. The summed E-state index contributed by atoms with van der Waals surface area (Å²) >= 11 is 0. The number of allylic oxidation sites excluding steroid dienone is 1. The van der Waals surface area contributed by atoms with Crippen molar-refractivity contribution in [3.8, 4) is 11.5 Å². The molecule has 9 heteroatoms. The molecule has 2 aromatic rings. The maximum atomic E-state index is 14.8. The highest BCUT2D eigenvalue weighted by Gasteiger charge is 2.34. The number of carbonyl (C=O) groups excluding carboxylic acids is 2. The fourth-order valence-electron chi connectivity index (χ4n) is 5.40. The Hall–Kier alpha value is -3.49. The van der Waals surface area contributed by atoms with E-state index in [4.69, 9.17) is 9.47 Å². The van der Waals surface area contributed by atoms with Crippen molar-refractivity contribution in [3.63, 3.8) is 0 Å². The minimum atomic E-state index is -0.463. The van der Waals surface area contributed by atoms with Crippen molar-refractivity contribution in [1.29, 1.82) is 0 Å². The number of fused-ring (bicyclic) bond motifs is 1. The minimum absolute atomic E-state index is 0.0202. The second-order valence-electron chi connectivity index (χ2n) is 10.4. The number of rotatable bonds is 8. The van der Waals surface area contributed by atoms with Crippen LogP contribution in [0.25, 0.3) is 5.57 Å². The van der Waals surface area contributed by atoms with Crippen molar-refractivity contribution >= 4 is 17.4 Å². The van der Waals surface area contributed by atoms with E-state index < -0.39 is 5.82 Å². The molecule has 1 aliphatic heterocycles. The summed E-state index contributed by atoms with van der Waals surface area (Å²) in [4.78, 5) is 28.0. The van der Waals surface area contributed by atoms with E-state index in [1.807, 2.05) is 13.0 Å². The molecular formula is C28H35FN4O4. The van der Waals surface area contributed by atoms with Gasteiger partial charge < -0.3 is 30.4 Å². The number of benzene rings is 1. The zero-order valence-corrected chi connectivity index (χ0v) is 21.6. The van der Waals surface area contributed by atoms with Gasteiger partial charge >= 0.3 is 0 Å². The fraction of sp³-hybridized carbons (Fsp3) is 0.500. The third kappa shape index (κ3) is 5.45. The number of carbonyl (C=O) groups is 2. The Balaban J connectivity index is 1.36. The molecule has 37 heavy (non-hydrogen) atoms. The Morgan fingerprint density at radius 2 is 1.73 bits per heavy atom. The van der Waals surface area contributed by atoms with E-state index in [1.165, 1.54) is 20.1 Å². The number of hydrogen-bond acceptors (Lipinski definition) is 5. The molecule has 3 aliphatic rings. The number of ether oxygens (including phenoxy) is 2. The van der Waals surface area contributed by atoms with Gasteiger partial charge in [-0.25, -0.2) is 4.39 Å². The zero-order chi connectivity index (χ0) is 26.1. The number of amides is 2. The van der Waals surface area contributed by atoms with Crippen LogP contribution in [-0.2, 0) is 9.59 Å². The number of hydrogen-bond donors (Lipinski definition) is 4. The highest BCUT2D eigenvalue weighted by Crippen LogP contribution is 2.41. The Kier molecular flexibility index (Phi) is 7.13. The van der Waals surface area contributed by atoms with Crippen molar-refractivity contribution < 1.29 is 23.5 Å². The van der Waals surface area contributed by atoms with Crippen LogP contribution in [0.1, 0.15) is 75.2 Å². The number of aromatic nitrogens is 1. The van der Waals surface area contributed by atoms with Crippen molar-refractivity contribution in [2.24, 2.45) is 5.92 Å². The van der Waals surface area contributed by atoms with Crippen LogP contribution in [0.4, 0.5) is 4.39 Å². The summed E-state index contributed by atoms with van der Waals surface area (Å²) in [6.45, 7) is 3.98. The summed E-state index contributed by atoms with van der Waals surface area (Å²) in [5.41, 5.74) is 3.49. The van der Waals surface area contributed by atoms with Crippen LogP contribution in [0.3, 0.4) is 0 Å². The number of halogens is 1. The molecule has 4 N–H and O–H groups in total. The van der Waals surface area contributed by atoms with E-state index in [1.54, 1.807) is 12.3 Å². The third-order valence-corrected chi connectivity index (χ3v) is 7.54. The number of aromatic amines is 1. The average molecular weight is 511 g/mol. The average Bonchev–Trinajstić information content (AvgIpc) is 3.57. The second-order valence-corrected chi connectivity index (χ2v) is 10.4. The Morgan fingerprint density at radius 1 is 1.03 bits per heavy atom. The molecule has 198 valence electrons. The van der Waals surface area contributed by atoms with Crippen LogP contribution in [0, 0.1) is 11.7 Å². The lowest BCUT2D eigenvalue weighted by molar-refractivity contribution is -0.120. The van der Waals surface area contributed by atoms with Gasteiger partial charge in [0.1, 0.15) is 5.75 Å². The molecule has 0 radical (unpaired) electrons. The molecule has 1 aromatic carbocycles. The molecule has 2 aliphatic carbocycles. The minimum Gasteiger partial charge on any atom is -0.494 e. The summed E-state index contributed by atoms with van der Waals surface area (Å²) in [6.07, 6.45) is 7.38. The number of nitrogens with one attached hydrogen (secondary N) is 4. The molecule has 2 heterocycles. The summed E-state index contributed by atoms with van der Waals surface area (Å²) in [6, 6.07) is 4.81. The lowest BCUT2D eigenvalue weighted by atomic mass is 9.89. The van der Waals surface area contributed by atoms with Crippen LogP contribution in [0.2, 0.25) is 0 Å². The molecule has 5 rings (SSSR count). The Bertz CT molecular complexity index is 1210. The molecule has 2 fully saturated rings. The SMILES string of the molecule is COc1cc(OCC2CC2)c(C2NC(C)=C(C(=O)NC3CCC(NC(C)=O)CC3)c3[nH]ccc32)cc1F. The number of methoxy groups -OCH3 is 1. The lowest BCUT2D eigenvalue weighted by Crippen LogP contribution is -2.44. The molecule has 0 spiro atoms. The van der Waals surface area contributed by atoms with Gasteiger partial charge in [-0.2, -0.15) is 0 Å². The molecule has 0 bridgehead atoms. The predicted octanol–water partition coefficient (Wildman–Crippen LogP) is 3.94. The number of H-pyrrole nitrogens is 1. The van der Waals surface area contributed by atoms with Gasteiger partial charge in [-0.05, 0) is 63.5 Å². The predicted molar refractivity (Wildman–Crippen MR) is 138 cm³/mol. The fourth-order valence-corrected chi connectivity index (χ4v) is 5.40. The van der Waals surface area contributed by atoms with E-state index in [-0.39, 0.29) is 35.7 Å². The molecule has 1 atom stereocenters. The molecular weight excluding hydrogens is 475 g/mol. The summed E-state index contributed by atoms with van der Waals surface area (Å²) < 4.78 is 26.2. The summed E-state index contributed by atoms with van der Waals surface area (Å²) in [5, 5.41) is 9.60. The molecule has 0 saturated heterocycles. The molecule has 8 nitrogen and oxygen atoms in total. The van der Waals surface area contributed by atoms with Crippen molar-refractivity contribution in [2.75, 3.05) is 13.7 Å². The van der Waals surface area contributed by atoms with Crippen molar-refractivity contribution in [3.05, 3.63) is 52.7 Å². The van der Waals surface area contributed by atoms with Gasteiger partial charge in [0.2, 0.25) is 5.91 Å². The second kappa shape index (κ2) is 10.5. The van der Waals surface area contributed by atoms with Gasteiger partial charge in [-0.3, -0.25) is 9.59 Å². The quantitative estimate of drug-likeness (QED) is 0.431. The van der Waals surface area contributed by atoms with Crippen LogP contribution in [-0.4, -0.2) is 42.6 Å². The van der Waals surface area contributed by atoms with Crippen molar-refractivity contribution in [2.45, 2.75) is 70.5 Å². The van der Waals surface area contributed by atoms with Crippen LogP contribution >= 0.6 is 0 Å². The Labute approximate surface area is 216 Å². The van der Waals surface area contributed by atoms with Gasteiger partial charge in [0, 0.05) is 48.1 Å². The van der Waals surface area contributed by atoms with Gasteiger partial charge in [0.15, 0.2) is 11.6 Å². The van der Waals surface area contributed by atoms with Crippen LogP contribution < -0.4 is 25.4 Å². The molecule has 2 saturated carbocycles. The first-order chi connectivity index (χ1) is 17.8. The highest BCUT2D eigenvalue weighted by atomic mass is 19.1. The molecule has 1 unspecified atom stereocenters. The monoisotopic (exact) mass is 510 g/mol.